The minimum Gasteiger partial charge on any atom is -0.271 e. The Bertz CT molecular complexity index is 383. The van der Waals surface area contributed by atoms with Crippen LogP contribution in [0.5, 0.6) is 0 Å². The van der Waals surface area contributed by atoms with E-state index in [4.69, 9.17) is 5.84 Å². The Morgan fingerprint density at radius 2 is 2.06 bits per heavy atom. The summed E-state index contributed by atoms with van der Waals surface area (Å²) in [5.41, 5.74) is 4.70. The zero-order valence-electron chi connectivity index (χ0n) is 11.2. The maximum absolute atomic E-state index is 5.85. The van der Waals surface area contributed by atoms with Crippen molar-refractivity contribution in [2.24, 2.45) is 17.7 Å². The predicted octanol–water partition coefficient (Wildman–Crippen LogP) is 3.57. The molecule has 0 amide bonds. The second-order valence-corrected chi connectivity index (χ2v) is 7.28. The van der Waals surface area contributed by atoms with Crippen LogP contribution in [0.25, 0.3) is 0 Å². The Morgan fingerprint density at radius 3 is 2.72 bits per heavy atom. The maximum atomic E-state index is 5.85. The lowest BCUT2D eigenvalue weighted by Crippen LogP contribution is -2.34. The monoisotopic (exact) mass is 264 g/mol. The molecule has 2 aliphatic rings. The van der Waals surface area contributed by atoms with Gasteiger partial charge in [0.1, 0.15) is 0 Å². The van der Waals surface area contributed by atoms with E-state index in [1.54, 1.807) is 10.4 Å². The van der Waals surface area contributed by atoms with Crippen LogP contribution >= 0.6 is 11.3 Å². The standard InChI is InChI=1S/C15H24N2S/c1-10-5-7-11(8-6-10)15(17-16)14-9-12-3-2-4-13(12)18-14/h9-11,15,17H,2-8,16H2,1H3. The van der Waals surface area contributed by atoms with E-state index in [2.05, 4.69) is 18.4 Å². The molecule has 0 aliphatic heterocycles. The molecule has 1 heterocycles. The summed E-state index contributed by atoms with van der Waals surface area (Å²) in [6.45, 7) is 2.38. The first-order chi connectivity index (χ1) is 8.78. The first-order valence-electron chi connectivity index (χ1n) is 7.35. The fraction of sp³-hybridized carbons (Fsp3) is 0.733. The van der Waals surface area contributed by atoms with Gasteiger partial charge < -0.3 is 0 Å². The second-order valence-electron chi connectivity index (χ2n) is 6.12. The summed E-state index contributed by atoms with van der Waals surface area (Å²) in [4.78, 5) is 3.11. The van der Waals surface area contributed by atoms with E-state index >= 15 is 0 Å². The molecule has 1 fully saturated rings. The van der Waals surface area contributed by atoms with E-state index in [-0.39, 0.29) is 0 Å². The van der Waals surface area contributed by atoms with Gasteiger partial charge in [-0.2, -0.15) is 0 Å². The fourth-order valence-electron chi connectivity index (χ4n) is 3.58. The van der Waals surface area contributed by atoms with Crippen LogP contribution in [-0.2, 0) is 12.8 Å². The second kappa shape index (κ2) is 5.32. The lowest BCUT2D eigenvalue weighted by atomic mass is 9.79. The van der Waals surface area contributed by atoms with Crippen molar-refractivity contribution in [1.29, 1.82) is 0 Å². The number of thiophene rings is 1. The molecule has 1 aromatic rings. The van der Waals surface area contributed by atoms with Crippen LogP contribution in [0.15, 0.2) is 6.07 Å². The Kier molecular flexibility index (Phi) is 3.73. The Labute approximate surface area is 114 Å². The topological polar surface area (TPSA) is 38.0 Å². The Morgan fingerprint density at radius 1 is 1.28 bits per heavy atom. The summed E-state index contributed by atoms with van der Waals surface area (Å²) in [6, 6.07) is 2.82. The van der Waals surface area contributed by atoms with Gasteiger partial charge in [-0.15, -0.1) is 11.3 Å². The van der Waals surface area contributed by atoms with Crippen LogP contribution in [0.4, 0.5) is 0 Å². The average Bonchev–Trinajstić information content (AvgIpc) is 2.93. The van der Waals surface area contributed by atoms with Crippen molar-refractivity contribution in [2.75, 3.05) is 0 Å². The molecule has 18 heavy (non-hydrogen) atoms. The molecule has 0 aromatic carbocycles. The third-order valence-electron chi connectivity index (χ3n) is 4.78. The number of aryl methyl sites for hydroxylation is 2. The van der Waals surface area contributed by atoms with Crippen molar-refractivity contribution in [3.05, 3.63) is 21.4 Å². The zero-order chi connectivity index (χ0) is 12.5. The third-order valence-corrected chi connectivity index (χ3v) is 6.10. The minimum absolute atomic E-state index is 0.396. The summed E-state index contributed by atoms with van der Waals surface area (Å²) in [5, 5.41) is 0. The first kappa shape index (κ1) is 12.6. The molecule has 0 spiro atoms. The highest BCUT2D eigenvalue weighted by Crippen LogP contribution is 2.41. The van der Waals surface area contributed by atoms with Crippen molar-refractivity contribution in [2.45, 2.75) is 57.9 Å². The van der Waals surface area contributed by atoms with Gasteiger partial charge in [0.05, 0.1) is 6.04 Å². The summed E-state index contributed by atoms with van der Waals surface area (Å²) < 4.78 is 0. The summed E-state index contributed by atoms with van der Waals surface area (Å²) in [7, 11) is 0. The number of rotatable bonds is 3. The molecule has 2 nitrogen and oxygen atoms in total. The summed E-state index contributed by atoms with van der Waals surface area (Å²) in [6.07, 6.45) is 9.33. The molecule has 0 saturated heterocycles. The van der Waals surface area contributed by atoms with Gasteiger partial charge in [-0.05, 0) is 55.6 Å². The molecule has 3 N–H and O–H groups in total. The van der Waals surface area contributed by atoms with Crippen molar-refractivity contribution in [1.82, 2.24) is 5.43 Å². The molecule has 2 aliphatic carbocycles. The molecule has 3 rings (SSSR count). The van der Waals surface area contributed by atoms with Gasteiger partial charge in [-0.25, -0.2) is 0 Å². The molecule has 0 bridgehead atoms. The van der Waals surface area contributed by atoms with Crippen LogP contribution in [0.3, 0.4) is 0 Å². The van der Waals surface area contributed by atoms with Crippen molar-refractivity contribution < 1.29 is 0 Å². The van der Waals surface area contributed by atoms with Crippen LogP contribution in [0, 0.1) is 11.8 Å². The SMILES string of the molecule is CC1CCC(C(NN)c2cc3c(s2)CCC3)CC1. The normalized spacial score (nSPS) is 29.2. The Balaban J connectivity index is 1.75. The smallest absolute Gasteiger partial charge is 0.0581 e. The molecular weight excluding hydrogens is 240 g/mol. The zero-order valence-corrected chi connectivity index (χ0v) is 12.1. The lowest BCUT2D eigenvalue weighted by Gasteiger charge is -2.31. The molecular formula is C15H24N2S. The highest BCUT2D eigenvalue weighted by molar-refractivity contribution is 7.12. The largest absolute Gasteiger partial charge is 0.271 e. The van der Waals surface area contributed by atoms with Crippen molar-refractivity contribution >= 4 is 11.3 Å². The lowest BCUT2D eigenvalue weighted by molar-refractivity contribution is 0.234. The van der Waals surface area contributed by atoms with Crippen LogP contribution < -0.4 is 11.3 Å². The molecule has 1 atom stereocenters. The number of nitrogens with two attached hydrogens (primary N) is 1. The van der Waals surface area contributed by atoms with E-state index in [1.165, 1.54) is 49.8 Å². The van der Waals surface area contributed by atoms with E-state index in [0.717, 1.165) is 11.8 Å². The van der Waals surface area contributed by atoms with Crippen molar-refractivity contribution in [3.63, 3.8) is 0 Å². The van der Waals surface area contributed by atoms with Gasteiger partial charge in [0, 0.05) is 9.75 Å². The predicted molar refractivity (Wildman–Crippen MR) is 77.5 cm³/mol. The van der Waals surface area contributed by atoms with E-state index in [1.807, 2.05) is 11.3 Å². The van der Waals surface area contributed by atoms with Gasteiger partial charge in [-0.1, -0.05) is 19.8 Å². The summed E-state index contributed by atoms with van der Waals surface area (Å²) >= 11 is 2.01. The van der Waals surface area contributed by atoms with Crippen LogP contribution in [0.1, 0.15) is 60.4 Å². The number of hydrogen-bond donors (Lipinski definition) is 2. The van der Waals surface area contributed by atoms with Gasteiger partial charge in [0.25, 0.3) is 0 Å². The van der Waals surface area contributed by atoms with E-state index < -0.39 is 0 Å². The highest BCUT2D eigenvalue weighted by atomic mass is 32.1. The third kappa shape index (κ3) is 2.36. The molecule has 1 saturated carbocycles. The highest BCUT2D eigenvalue weighted by Gasteiger charge is 2.29. The average molecular weight is 264 g/mol. The minimum atomic E-state index is 0.396. The molecule has 1 unspecified atom stereocenters. The first-order valence-corrected chi connectivity index (χ1v) is 8.17. The Hall–Kier alpha value is -0.380. The van der Waals surface area contributed by atoms with Gasteiger partial charge in [0.15, 0.2) is 0 Å². The molecule has 0 radical (unpaired) electrons. The van der Waals surface area contributed by atoms with Crippen molar-refractivity contribution in [3.8, 4) is 0 Å². The summed E-state index contributed by atoms with van der Waals surface area (Å²) in [5.74, 6) is 7.50. The number of hydrogen-bond acceptors (Lipinski definition) is 3. The van der Waals surface area contributed by atoms with Gasteiger partial charge in [-0.3, -0.25) is 11.3 Å². The molecule has 3 heteroatoms. The number of hydrazine groups is 1. The fourth-order valence-corrected chi connectivity index (χ4v) is 4.99. The number of fused-ring (bicyclic) bond motifs is 1. The van der Waals surface area contributed by atoms with Crippen LogP contribution in [-0.4, -0.2) is 0 Å². The van der Waals surface area contributed by atoms with Crippen LogP contribution in [0.2, 0.25) is 0 Å². The van der Waals surface area contributed by atoms with Gasteiger partial charge >= 0.3 is 0 Å². The van der Waals surface area contributed by atoms with E-state index in [0.29, 0.717) is 6.04 Å². The van der Waals surface area contributed by atoms with Gasteiger partial charge in [0.2, 0.25) is 0 Å². The molecule has 1 aromatic heterocycles. The number of nitrogens with one attached hydrogen (secondary N) is 1. The van der Waals surface area contributed by atoms with E-state index in [9.17, 15) is 0 Å². The molecule has 100 valence electrons. The maximum Gasteiger partial charge on any atom is 0.0581 e. The quantitative estimate of drug-likeness (QED) is 0.647.